The van der Waals surface area contributed by atoms with Crippen LogP contribution in [-0.2, 0) is 6.54 Å². The molecule has 0 aliphatic heterocycles. The summed E-state index contributed by atoms with van der Waals surface area (Å²) in [5, 5.41) is 25.2. The summed E-state index contributed by atoms with van der Waals surface area (Å²) < 4.78 is 26.2. The van der Waals surface area contributed by atoms with Crippen LogP contribution in [0.1, 0.15) is 24.4 Å². The van der Waals surface area contributed by atoms with Crippen molar-refractivity contribution in [2.75, 3.05) is 0 Å². The van der Waals surface area contributed by atoms with Crippen LogP contribution in [0.4, 0.5) is 8.78 Å². The first-order valence-electron chi connectivity index (χ1n) is 5.21. The largest absolute Gasteiger partial charge is 0.503 e. The van der Waals surface area contributed by atoms with Gasteiger partial charge in [0, 0.05) is 6.54 Å². The summed E-state index contributed by atoms with van der Waals surface area (Å²) in [6.07, 6.45) is 0. The number of aromatic hydroxyl groups is 1. The molecular formula is C10H11F2N5O. The highest BCUT2D eigenvalue weighted by molar-refractivity contribution is 5.30. The number of nitrogens with one attached hydrogen (secondary N) is 2. The van der Waals surface area contributed by atoms with Gasteiger partial charge < -0.3 is 10.4 Å². The molecule has 1 heterocycles. The molecule has 0 spiro atoms. The maximum atomic E-state index is 13.1. The lowest BCUT2D eigenvalue weighted by atomic mass is 10.2. The summed E-state index contributed by atoms with van der Waals surface area (Å²) in [5.41, 5.74) is 0.373. The fourth-order valence-corrected chi connectivity index (χ4v) is 1.44. The van der Waals surface area contributed by atoms with Gasteiger partial charge in [-0.05, 0) is 24.6 Å². The summed E-state index contributed by atoms with van der Waals surface area (Å²) >= 11 is 0. The topological polar surface area (TPSA) is 86.7 Å². The predicted molar refractivity (Wildman–Crippen MR) is 57.5 cm³/mol. The van der Waals surface area contributed by atoms with Gasteiger partial charge >= 0.3 is 0 Å². The Morgan fingerprint density at radius 1 is 1.39 bits per heavy atom. The predicted octanol–water partition coefficient (Wildman–Crippen LogP) is 1.03. The summed E-state index contributed by atoms with van der Waals surface area (Å²) in [7, 11) is 0. The Kier molecular flexibility index (Phi) is 3.47. The van der Waals surface area contributed by atoms with Gasteiger partial charge in [0.1, 0.15) is 0 Å². The van der Waals surface area contributed by atoms with E-state index < -0.39 is 17.4 Å². The second kappa shape index (κ2) is 5.05. The molecule has 0 radical (unpaired) electrons. The van der Waals surface area contributed by atoms with Crippen LogP contribution in [0, 0.1) is 11.6 Å². The number of hydrogen-bond donors (Lipinski definition) is 3. The summed E-state index contributed by atoms with van der Waals surface area (Å²) in [6, 6.07) is 1.91. The Morgan fingerprint density at radius 2 is 2.06 bits per heavy atom. The van der Waals surface area contributed by atoms with Crippen molar-refractivity contribution < 1.29 is 13.9 Å². The maximum absolute atomic E-state index is 13.1. The number of H-pyrrole nitrogens is 1. The van der Waals surface area contributed by atoms with Crippen LogP contribution in [0.25, 0.3) is 0 Å². The minimum atomic E-state index is -0.987. The highest BCUT2D eigenvalue weighted by Gasteiger charge is 2.12. The third-order valence-corrected chi connectivity index (χ3v) is 2.44. The van der Waals surface area contributed by atoms with E-state index in [0.29, 0.717) is 11.4 Å². The Labute approximate surface area is 101 Å². The third kappa shape index (κ3) is 2.59. The molecule has 0 aliphatic rings. The lowest BCUT2D eigenvalue weighted by Gasteiger charge is -2.10. The van der Waals surface area contributed by atoms with Gasteiger partial charge in [0.2, 0.25) is 0 Å². The fourth-order valence-electron chi connectivity index (χ4n) is 1.44. The van der Waals surface area contributed by atoms with Crippen LogP contribution in [0.15, 0.2) is 12.1 Å². The number of benzene rings is 1. The number of phenolic OH excluding ortho intramolecular Hbond substituents is 1. The van der Waals surface area contributed by atoms with Crippen LogP contribution >= 0.6 is 0 Å². The minimum absolute atomic E-state index is 0.212. The molecule has 0 fully saturated rings. The highest BCUT2D eigenvalue weighted by atomic mass is 19.1. The van der Waals surface area contributed by atoms with E-state index in [4.69, 9.17) is 5.11 Å². The van der Waals surface area contributed by atoms with E-state index in [2.05, 4.69) is 25.9 Å². The summed E-state index contributed by atoms with van der Waals surface area (Å²) in [5.74, 6) is -2.49. The molecule has 1 aromatic carbocycles. The van der Waals surface area contributed by atoms with Gasteiger partial charge in [0.25, 0.3) is 0 Å². The van der Waals surface area contributed by atoms with Crippen LogP contribution < -0.4 is 5.32 Å². The monoisotopic (exact) mass is 255 g/mol. The number of halogens is 2. The van der Waals surface area contributed by atoms with Gasteiger partial charge in [-0.1, -0.05) is 5.21 Å². The van der Waals surface area contributed by atoms with Crippen molar-refractivity contribution in [2.24, 2.45) is 0 Å². The molecule has 2 rings (SSSR count). The fraction of sp³-hybridized carbons (Fsp3) is 0.300. The summed E-state index contributed by atoms with van der Waals surface area (Å²) in [4.78, 5) is 0. The molecule has 1 atom stereocenters. The number of phenols is 1. The smallest absolute Gasteiger partial charge is 0.191 e. The van der Waals surface area contributed by atoms with Gasteiger partial charge in [-0.25, -0.2) is 8.78 Å². The number of aromatic amines is 1. The van der Waals surface area contributed by atoms with Gasteiger partial charge in [-0.3, -0.25) is 0 Å². The lowest BCUT2D eigenvalue weighted by Crippen LogP contribution is -2.19. The molecule has 96 valence electrons. The Morgan fingerprint density at radius 3 is 2.61 bits per heavy atom. The number of nitrogens with zero attached hydrogens (tertiary/aromatic N) is 3. The first-order valence-corrected chi connectivity index (χ1v) is 5.21. The van der Waals surface area contributed by atoms with Crippen molar-refractivity contribution in [1.29, 1.82) is 0 Å². The molecule has 18 heavy (non-hydrogen) atoms. The number of rotatable bonds is 4. The third-order valence-electron chi connectivity index (χ3n) is 2.44. The first-order chi connectivity index (χ1) is 8.58. The van der Waals surface area contributed by atoms with E-state index in [0.717, 1.165) is 12.1 Å². The van der Waals surface area contributed by atoms with E-state index in [9.17, 15) is 8.78 Å². The van der Waals surface area contributed by atoms with E-state index in [-0.39, 0.29) is 12.6 Å². The Hall–Kier alpha value is -2.09. The highest BCUT2D eigenvalue weighted by Crippen LogP contribution is 2.21. The molecule has 6 nitrogen and oxygen atoms in total. The first kappa shape index (κ1) is 12.4. The van der Waals surface area contributed by atoms with E-state index in [1.807, 2.05) is 0 Å². The van der Waals surface area contributed by atoms with E-state index in [1.54, 1.807) is 6.92 Å². The standard InChI is InChI=1S/C10H11F2N5O/c1-5(10-14-16-17-15-10)13-4-6-2-7(11)9(18)8(12)3-6/h2-3,5,13,18H,4H2,1H3,(H,14,15,16,17). The van der Waals surface area contributed by atoms with Gasteiger partial charge in [0.15, 0.2) is 23.2 Å². The molecule has 1 aromatic heterocycles. The normalized spacial score (nSPS) is 12.6. The quantitative estimate of drug-likeness (QED) is 0.759. The Balaban J connectivity index is 2.02. The summed E-state index contributed by atoms with van der Waals surface area (Å²) in [6.45, 7) is 2.00. The molecule has 0 bridgehead atoms. The molecule has 0 amide bonds. The van der Waals surface area contributed by atoms with Crippen LogP contribution in [0.5, 0.6) is 5.75 Å². The second-order valence-corrected chi connectivity index (χ2v) is 3.78. The average molecular weight is 255 g/mol. The number of tetrazole rings is 1. The van der Waals surface area contributed by atoms with Crippen molar-refractivity contribution in [3.8, 4) is 5.75 Å². The molecule has 0 aliphatic carbocycles. The molecule has 8 heteroatoms. The molecule has 1 unspecified atom stereocenters. The number of hydrogen-bond acceptors (Lipinski definition) is 5. The van der Waals surface area contributed by atoms with E-state index in [1.165, 1.54) is 0 Å². The molecule has 3 N–H and O–H groups in total. The van der Waals surface area contributed by atoms with Gasteiger partial charge in [-0.15, -0.1) is 10.2 Å². The lowest BCUT2D eigenvalue weighted by molar-refractivity contribution is 0.394. The molecular weight excluding hydrogens is 244 g/mol. The van der Waals surface area contributed by atoms with Crippen LogP contribution in [-0.4, -0.2) is 25.7 Å². The van der Waals surface area contributed by atoms with Crippen molar-refractivity contribution in [3.05, 3.63) is 35.2 Å². The van der Waals surface area contributed by atoms with E-state index >= 15 is 0 Å². The maximum Gasteiger partial charge on any atom is 0.191 e. The van der Waals surface area contributed by atoms with Crippen LogP contribution in [0.3, 0.4) is 0 Å². The van der Waals surface area contributed by atoms with Crippen molar-refractivity contribution in [1.82, 2.24) is 25.9 Å². The van der Waals surface area contributed by atoms with Crippen LogP contribution in [0.2, 0.25) is 0 Å². The number of aromatic nitrogens is 4. The van der Waals surface area contributed by atoms with Gasteiger partial charge in [-0.2, -0.15) is 5.21 Å². The zero-order chi connectivity index (χ0) is 13.1. The van der Waals surface area contributed by atoms with Gasteiger partial charge in [0.05, 0.1) is 6.04 Å². The SMILES string of the molecule is CC(NCc1cc(F)c(O)c(F)c1)c1nn[nH]n1. The Bertz CT molecular complexity index is 508. The van der Waals surface area contributed by atoms with Crippen molar-refractivity contribution in [2.45, 2.75) is 19.5 Å². The van der Waals surface area contributed by atoms with Crippen molar-refractivity contribution >= 4 is 0 Å². The zero-order valence-electron chi connectivity index (χ0n) is 9.48. The van der Waals surface area contributed by atoms with Crippen molar-refractivity contribution in [3.63, 3.8) is 0 Å². The average Bonchev–Trinajstić information content (AvgIpc) is 2.86. The molecule has 0 saturated heterocycles. The molecule has 0 saturated carbocycles. The second-order valence-electron chi connectivity index (χ2n) is 3.78. The molecule has 2 aromatic rings. The minimum Gasteiger partial charge on any atom is -0.503 e. The zero-order valence-corrected chi connectivity index (χ0v) is 9.48.